The smallest absolute Gasteiger partial charge is 0.229 e. The van der Waals surface area contributed by atoms with E-state index in [0.717, 1.165) is 16.5 Å². The molecule has 4 rings (SSSR count). The number of carbonyl (C=O) groups is 2. The number of nitrogens with one attached hydrogen (secondary N) is 1. The van der Waals surface area contributed by atoms with Crippen LogP contribution in [0.3, 0.4) is 0 Å². The Labute approximate surface area is 166 Å². The molecule has 0 aromatic heterocycles. The molecular weight excluding hydrogens is 383 g/mol. The van der Waals surface area contributed by atoms with E-state index in [0.29, 0.717) is 15.7 Å². The summed E-state index contributed by atoms with van der Waals surface area (Å²) < 4.78 is 0. The first-order chi connectivity index (χ1) is 13.0. The molecule has 3 aromatic carbocycles. The van der Waals surface area contributed by atoms with Crippen molar-refractivity contribution in [1.29, 1.82) is 0 Å². The summed E-state index contributed by atoms with van der Waals surface area (Å²) in [5.41, 5.74) is 1.28. The number of amides is 2. The Morgan fingerprint density at radius 3 is 2.59 bits per heavy atom. The highest BCUT2D eigenvalue weighted by Gasteiger charge is 2.36. The van der Waals surface area contributed by atoms with E-state index < -0.39 is 5.92 Å². The molecule has 0 unspecified atom stereocenters. The lowest BCUT2D eigenvalue weighted by Crippen LogP contribution is -2.28. The third-order valence-electron chi connectivity index (χ3n) is 4.77. The Morgan fingerprint density at radius 1 is 1.00 bits per heavy atom. The van der Waals surface area contributed by atoms with Crippen molar-refractivity contribution in [2.24, 2.45) is 5.92 Å². The van der Waals surface area contributed by atoms with E-state index in [9.17, 15) is 9.59 Å². The zero-order chi connectivity index (χ0) is 19.0. The van der Waals surface area contributed by atoms with Gasteiger partial charge in [-0.2, -0.15) is 0 Å². The van der Waals surface area contributed by atoms with Gasteiger partial charge in [-0.15, -0.1) is 0 Å². The number of nitrogens with zero attached hydrogens (tertiary/aromatic N) is 1. The van der Waals surface area contributed by atoms with Crippen LogP contribution in [0.25, 0.3) is 10.8 Å². The van der Waals surface area contributed by atoms with Gasteiger partial charge in [0.2, 0.25) is 11.8 Å². The molecule has 1 heterocycles. The molecule has 0 saturated carbocycles. The van der Waals surface area contributed by atoms with Gasteiger partial charge in [-0.3, -0.25) is 9.59 Å². The first kappa shape index (κ1) is 17.8. The van der Waals surface area contributed by atoms with Gasteiger partial charge in [0.1, 0.15) is 0 Å². The van der Waals surface area contributed by atoms with E-state index in [1.54, 1.807) is 18.2 Å². The summed E-state index contributed by atoms with van der Waals surface area (Å²) in [6, 6.07) is 18.7. The summed E-state index contributed by atoms with van der Waals surface area (Å²) in [6.07, 6.45) is 0.138. The van der Waals surface area contributed by atoms with Crippen LogP contribution in [0.4, 0.5) is 11.4 Å². The number of anilines is 2. The number of benzene rings is 3. The van der Waals surface area contributed by atoms with Crippen LogP contribution in [0.5, 0.6) is 0 Å². The third kappa shape index (κ3) is 3.38. The van der Waals surface area contributed by atoms with Crippen LogP contribution in [0.2, 0.25) is 10.0 Å². The Kier molecular flexibility index (Phi) is 4.77. The van der Waals surface area contributed by atoms with E-state index in [2.05, 4.69) is 5.32 Å². The maximum absolute atomic E-state index is 12.8. The minimum atomic E-state index is -0.452. The van der Waals surface area contributed by atoms with Gasteiger partial charge in [-0.25, -0.2) is 0 Å². The highest BCUT2D eigenvalue weighted by molar-refractivity contribution is 6.44. The van der Waals surface area contributed by atoms with Gasteiger partial charge in [0.15, 0.2) is 0 Å². The zero-order valence-corrected chi connectivity index (χ0v) is 15.8. The molecule has 4 nitrogen and oxygen atoms in total. The molecule has 1 fully saturated rings. The van der Waals surface area contributed by atoms with Crippen molar-refractivity contribution in [3.05, 3.63) is 70.7 Å². The van der Waals surface area contributed by atoms with Crippen molar-refractivity contribution in [1.82, 2.24) is 0 Å². The number of hydrogen-bond acceptors (Lipinski definition) is 2. The molecule has 1 saturated heterocycles. The zero-order valence-electron chi connectivity index (χ0n) is 14.3. The second kappa shape index (κ2) is 7.22. The highest BCUT2D eigenvalue weighted by atomic mass is 35.5. The van der Waals surface area contributed by atoms with E-state index in [1.165, 1.54) is 4.90 Å². The summed E-state index contributed by atoms with van der Waals surface area (Å²) in [6.45, 7) is 0.273. The number of fused-ring (bicyclic) bond motifs is 1. The molecule has 0 aliphatic carbocycles. The number of rotatable bonds is 3. The second-order valence-corrected chi connectivity index (χ2v) is 7.28. The molecule has 3 aromatic rings. The SMILES string of the molecule is O=C(Nc1cccc2ccccc12)[C@H]1CC(=O)N(c2cccc(Cl)c2Cl)C1. The van der Waals surface area contributed by atoms with Crippen molar-refractivity contribution in [2.45, 2.75) is 6.42 Å². The van der Waals surface area contributed by atoms with Crippen LogP contribution in [-0.4, -0.2) is 18.4 Å². The minimum Gasteiger partial charge on any atom is -0.325 e. The molecular formula is C21H16Cl2N2O2. The average molecular weight is 399 g/mol. The molecule has 1 atom stereocenters. The van der Waals surface area contributed by atoms with Gasteiger partial charge in [-0.1, -0.05) is 65.7 Å². The predicted molar refractivity (Wildman–Crippen MR) is 109 cm³/mol. The van der Waals surface area contributed by atoms with Crippen LogP contribution < -0.4 is 10.2 Å². The van der Waals surface area contributed by atoms with Crippen LogP contribution >= 0.6 is 23.2 Å². The summed E-state index contributed by atoms with van der Waals surface area (Å²) in [7, 11) is 0. The molecule has 0 bridgehead atoms. The van der Waals surface area contributed by atoms with Crippen LogP contribution in [0, 0.1) is 5.92 Å². The summed E-state index contributed by atoms with van der Waals surface area (Å²) >= 11 is 12.3. The third-order valence-corrected chi connectivity index (χ3v) is 5.57. The Hall–Kier alpha value is -2.56. The number of carbonyl (C=O) groups excluding carboxylic acids is 2. The number of halogens is 2. The lowest BCUT2D eigenvalue weighted by molar-refractivity contribution is -0.122. The van der Waals surface area contributed by atoms with Gasteiger partial charge in [0.25, 0.3) is 0 Å². The van der Waals surface area contributed by atoms with Crippen molar-refractivity contribution >= 4 is 57.2 Å². The number of hydrogen-bond donors (Lipinski definition) is 1. The monoisotopic (exact) mass is 398 g/mol. The van der Waals surface area contributed by atoms with Crippen molar-refractivity contribution < 1.29 is 9.59 Å². The fourth-order valence-electron chi connectivity index (χ4n) is 3.39. The van der Waals surface area contributed by atoms with E-state index in [-0.39, 0.29) is 24.8 Å². The maximum atomic E-state index is 12.8. The minimum absolute atomic E-state index is 0.138. The molecule has 1 N–H and O–H groups in total. The molecule has 136 valence electrons. The fraction of sp³-hybridized carbons (Fsp3) is 0.143. The Morgan fingerprint density at radius 2 is 1.74 bits per heavy atom. The molecule has 27 heavy (non-hydrogen) atoms. The normalized spacial score (nSPS) is 16.7. The van der Waals surface area contributed by atoms with Crippen molar-refractivity contribution in [2.75, 3.05) is 16.8 Å². The van der Waals surface area contributed by atoms with Gasteiger partial charge in [0.05, 0.1) is 21.7 Å². The van der Waals surface area contributed by atoms with Gasteiger partial charge in [0, 0.05) is 24.0 Å². The van der Waals surface area contributed by atoms with Crippen molar-refractivity contribution in [3.8, 4) is 0 Å². The molecule has 6 heteroatoms. The van der Waals surface area contributed by atoms with Gasteiger partial charge >= 0.3 is 0 Å². The molecule has 0 spiro atoms. The lowest BCUT2D eigenvalue weighted by atomic mass is 10.1. The Bertz CT molecular complexity index is 1050. The van der Waals surface area contributed by atoms with Gasteiger partial charge in [-0.05, 0) is 23.6 Å². The maximum Gasteiger partial charge on any atom is 0.229 e. The van der Waals surface area contributed by atoms with Gasteiger partial charge < -0.3 is 10.2 Å². The van der Waals surface area contributed by atoms with E-state index >= 15 is 0 Å². The summed E-state index contributed by atoms with van der Waals surface area (Å²) in [4.78, 5) is 26.8. The van der Waals surface area contributed by atoms with E-state index in [4.69, 9.17) is 23.2 Å². The fourth-order valence-corrected chi connectivity index (χ4v) is 3.78. The molecule has 1 aliphatic rings. The predicted octanol–water partition coefficient (Wildman–Crippen LogP) is 5.14. The first-order valence-electron chi connectivity index (χ1n) is 8.57. The quantitative estimate of drug-likeness (QED) is 0.663. The highest BCUT2D eigenvalue weighted by Crippen LogP contribution is 2.36. The molecule has 2 amide bonds. The first-order valence-corrected chi connectivity index (χ1v) is 9.33. The largest absolute Gasteiger partial charge is 0.325 e. The van der Waals surface area contributed by atoms with Crippen LogP contribution in [-0.2, 0) is 9.59 Å². The summed E-state index contributed by atoms with van der Waals surface area (Å²) in [5.74, 6) is -0.774. The molecule has 1 aliphatic heterocycles. The van der Waals surface area contributed by atoms with Crippen LogP contribution in [0.15, 0.2) is 60.7 Å². The topological polar surface area (TPSA) is 49.4 Å². The standard InChI is InChI=1S/C21H16Cl2N2O2/c22-16-8-4-10-18(20(16)23)25-12-14(11-19(25)26)21(27)24-17-9-3-6-13-5-1-2-7-15(13)17/h1-10,14H,11-12H2,(H,24,27)/t14-/m0/s1. The Balaban J connectivity index is 1.55. The molecule has 0 radical (unpaired) electrons. The second-order valence-electron chi connectivity index (χ2n) is 6.49. The van der Waals surface area contributed by atoms with E-state index in [1.807, 2.05) is 42.5 Å². The average Bonchev–Trinajstić information content (AvgIpc) is 3.06. The lowest BCUT2D eigenvalue weighted by Gasteiger charge is -2.18. The summed E-state index contributed by atoms with van der Waals surface area (Å²) in [5, 5.41) is 5.68. The van der Waals surface area contributed by atoms with Crippen molar-refractivity contribution in [3.63, 3.8) is 0 Å². The van der Waals surface area contributed by atoms with Crippen LogP contribution in [0.1, 0.15) is 6.42 Å².